The van der Waals surface area contributed by atoms with Crippen molar-refractivity contribution in [3.63, 3.8) is 0 Å². The van der Waals surface area contributed by atoms with Crippen molar-refractivity contribution in [2.45, 2.75) is 31.7 Å². The first-order valence-electron chi connectivity index (χ1n) is 9.17. The molecular formula is C21H19Cl3N4O. The summed E-state index contributed by atoms with van der Waals surface area (Å²) in [6.45, 7) is 0.344. The normalized spacial score (nSPS) is 15.7. The molecule has 5 nitrogen and oxygen atoms in total. The summed E-state index contributed by atoms with van der Waals surface area (Å²) in [4.78, 5) is 12.0. The first-order chi connectivity index (χ1) is 14.0. The minimum atomic E-state index is -0.0889. The highest BCUT2D eigenvalue weighted by molar-refractivity contribution is 6.36. The molecule has 0 radical (unpaired) electrons. The lowest BCUT2D eigenvalue weighted by molar-refractivity contribution is -0.120. The van der Waals surface area contributed by atoms with E-state index in [1.165, 1.54) is 0 Å². The van der Waals surface area contributed by atoms with Crippen LogP contribution in [0.5, 0.6) is 0 Å². The molecule has 1 aliphatic rings. The largest absolute Gasteiger partial charge is 0.351 e. The molecule has 2 aromatic carbocycles. The van der Waals surface area contributed by atoms with E-state index in [-0.39, 0.29) is 11.9 Å². The van der Waals surface area contributed by atoms with Crippen LogP contribution in [0.3, 0.4) is 0 Å². The highest BCUT2D eigenvalue weighted by atomic mass is 35.5. The number of hydrazone groups is 1. The highest BCUT2D eigenvalue weighted by Gasteiger charge is 2.30. The molecule has 29 heavy (non-hydrogen) atoms. The number of nitriles is 1. The number of benzene rings is 2. The van der Waals surface area contributed by atoms with Gasteiger partial charge in [-0.2, -0.15) is 10.4 Å². The Bertz CT molecular complexity index is 953. The zero-order valence-corrected chi connectivity index (χ0v) is 17.8. The Morgan fingerprint density at radius 2 is 1.90 bits per heavy atom. The summed E-state index contributed by atoms with van der Waals surface area (Å²) < 4.78 is 0. The predicted molar refractivity (Wildman–Crippen MR) is 118 cm³/mol. The molecule has 0 bridgehead atoms. The second-order valence-electron chi connectivity index (χ2n) is 6.67. The van der Waals surface area contributed by atoms with Crippen molar-refractivity contribution in [2.24, 2.45) is 5.10 Å². The van der Waals surface area contributed by atoms with E-state index in [4.69, 9.17) is 45.2 Å². The molecule has 1 N–H and O–H groups in total. The van der Waals surface area contributed by atoms with Gasteiger partial charge in [-0.25, -0.2) is 0 Å². The number of carbonyl (C=O) groups is 1. The Morgan fingerprint density at radius 1 is 1.17 bits per heavy atom. The standard InChI is InChI=1S/C21H19Cl3N4O/c22-15-6-4-14(5-7-15)20-12-17(13-26-21(29)3-1-2-10-25)27-28(20)19-9-8-16(23)11-18(19)24/h4-9,11,20H,1-3,12-13H2,(H,26,29). The van der Waals surface area contributed by atoms with E-state index >= 15 is 0 Å². The molecule has 0 saturated carbocycles. The maximum absolute atomic E-state index is 12.0. The fourth-order valence-corrected chi connectivity index (χ4v) is 3.75. The molecule has 3 rings (SSSR count). The third-order valence-electron chi connectivity index (χ3n) is 4.57. The number of halogens is 3. The van der Waals surface area contributed by atoms with Crippen LogP contribution in [-0.4, -0.2) is 18.2 Å². The molecule has 1 amide bonds. The minimum Gasteiger partial charge on any atom is -0.351 e. The predicted octanol–water partition coefficient (Wildman–Crippen LogP) is 5.76. The number of amides is 1. The molecule has 150 valence electrons. The van der Waals surface area contributed by atoms with Crippen molar-refractivity contribution in [1.82, 2.24) is 5.32 Å². The number of nitrogens with zero attached hydrogens (tertiary/aromatic N) is 3. The van der Waals surface area contributed by atoms with Gasteiger partial charge in [0.2, 0.25) is 5.91 Å². The van der Waals surface area contributed by atoms with Crippen LogP contribution in [0.25, 0.3) is 0 Å². The van der Waals surface area contributed by atoms with E-state index in [1.54, 1.807) is 12.1 Å². The van der Waals surface area contributed by atoms with Crippen molar-refractivity contribution in [2.75, 3.05) is 11.6 Å². The average Bonchev–Trinajstić information content (AvgIpc) is 3.11. The van der Waals surface area contributed by atoms with Crippen LogP contribution >= 0.6 is 34.8 Å². The lowest BCUT2D eigenvalue weighted by Gasteiger charge is -2.25. The zero-order valence-electron chi connectivity index (χ0n) is 15.5. The fourth-order valence-electron chi connectivity index (χ4n) is 3.13. The number of anilines is 1. The van der Waals surface area contributed by atoms with Crippen molar-refractivity contribution in [3.05, 3.63) is 63.1 Å². The summed E-state index contributed by atoms with van der Waals surface area (Å²) in [6, 6.07) is 14.9. The SMILES string of the molecule is N#CCCCC(=O)NCC1=NN(c2ccc(Cl)cc2Cl)C(c2ccc(Cl)cc2)C1. The molecule has 1 atom stereocenters. The van der Waals surface area contributed by atoms with Crippen molar-refractivity contribution in [3.8, 4) is 6.07 Å². The van der Waals surface area contributed by atoms with E-state index in [1.807, 2.05) is 41.4 Å². The Labute approximate surface area is 184 Å². The summed E-state index contributed by atoms with van der Waals surface area (Å²) in [5.41, 5.74) is 2.62. The van der Waals surface area contributed by atoms with Gasteiger partial charge in [-0.15, -0.1) is 0 Å². The van der Waals surface area contributed by atoms with Crippen LogP contribution in [0.2, 0.25) is 15.1 Å². The van der Waals surface area contributed by atoms with Gasteiger partial charge in [0.1, 0.15) is 0 Å². The number of carbonyl (C=O) groups excluding carboxylic acids is 1. The summed E-state index contributed by atoms with van der Waals surface area (Å²) in [6.07, 6.45) is 1.89. The number of hydrogen-bond donors (Lipinski definition) is 1. The van der Waals surface area contributed by atoms with Gasteiger partial charge in [0.15, 0.2) is 0 Å². The number of hydrogen-bond acceptors (Lipinski definition) is 4. The van der Waals surface area contributed by atoms with E-state index in [0.717, 1.165) is 17.0 Å². The molecular weight excluding hydrogens is 431 g/mol. The van der Waals surface area contributed by atoms with E-state index in [2.05, 4.69) is 5.32 Å². The quantitative estimate of drug-likeness (QED) is 0.546. The average molecular weight is 450 g/mol. The van der Waals surface area contributed by atoms with Gasteiger partial charge in [0.25, 0.3) is 0 Å². The van der Waals surface area contributed by atoms with Gasteiger partial charge in [-0.05, 0) is 42.3 Å². The van der Waals surface area contributed by atoms with Crippen LogP contribution < -0.4 is 10.3 Å². The Balaban J connectivity index is 1.79. The Morgan fingerprint density at radius 3 is 2.59 bits per heavy atom. The van der Waals surface area contributed by atoms with Crippen LogP contribution in [0, 0.1) is 11.3 Å². The maximum atomic E-state index is 12.0. The van der Waals surface area contributed by atoms with E-state index in [0.29, 0.717) is 47.3 Å². The van der Waals surface area contributed by atoms with Gasteiger partial charge in [0.05, 0.1) is 35.1 Å². The minimum absolute atomic E-state index is 0.0727. The van der Waals surface area contributed by atoms with Crippen LogP contribution in [0.1, 0.15) is 37.3 Å². The van der Waals surface area contributed by atoms with Crippen molar-refractivity contribution >= 4 is 52.1 Å². The molecule has 0 spiro atoms. The van der Waals surface area contributed by atoms with Gasteiger partial charge in [0, 0.05) is 29.3 Å². The number of unbranched alkanes of at least 4 members (excludes halogenated alkanes) is 1. The van der Waals surface area contributed by atoms with Crippen molar-refractivity contribution < 1.29 is 4.79 Å². The second kappa shape index (κ2) is 9.98. The topological polar surface area (TPSA) is 68.5 Å². The van der Waals surface area contributed by atoms with E-state index in [9.17, 15) is 4.79 Å². The molecule has 8 heteroatoms. The summed E-state index contributed by atoms with van der Waals surface area (Å²) in [5.74, 6) is -0.0889. The van der Waals surface area contributed by atoms with Gasteiger partial charge < -0.3 is 5.32 Å². The smallest absolute Gasteiger partial charge is 0.220 e. The van der Waals surface area contributed by atoms with Crippen LogP contribution in [0.4, 0.5) is 5.69 Å². The summed E-state index contributed by atoms with van der Waals surface area (Å²) in [7, 11) is 0. The fraction of sp³-hybridized carbons (Fsp3) is 0.286. The van der Waals surface area contributed by atoms with E-state index < -0.39 is 0 Å². The molecule has 0 aliphatic carbocycles. The molecule has 0 fully saturated rings. The lowest BCUT2D eigenvalue weighted by atomic mass is 10.0. The molecule has 1 heterocycles. The van der Waals surface area contributed by atoms with Gasteiger partial charge in [-0.1, -0.05) is 46.9 Å². The molecule has 1 unspecified atom stereocenters. The summed E-state index contributed by atoms with van der Waals surface area (Å²) in [5, 5.41) is 19.8. The summed E-state index contributed by atoms with van der Waals surface area (Å²) >= 11 is 18.5. The van der Waals surface area contributed by atoms with Crippen LogP contribution in [0.15, 0.2) is 47.6 Å². The third kappa shape index (κ3) is 5.63. The first-order valence-corrected chi connectivity index (χ1v) is 10.3. The maximum Gasteiger partial charge on any atom is 0.220 e. The Kier molecular flexibility index (Phi) is 7.38. The van der Waals surface area contributed by atoms with Crippen molar-refractivity contribution in [1.29, 1.82) is 5.26 Å². The first kappa shape index (κ1) is 21.4. The molecule has 0 aromatic heterocycles. The monoisotopic (exact) mass is 448 g/mol. The number of rotatable bonds is 7. The zero-order chi connectivity index (χ0) is 20.8. The Hall–Kier alpha value is -2.26. The highest BCUT2D eigenvalue weighted by Crippen LogP contribution is 2.39. The third-order valence-corrected chi connectivity index (χ3v) is 5.36. The second-order valence-corrected chi connectivity index (χ2v) is 7.95. The number of nitrogens with one attached hydrogen (secondary N) is 1. The van der Waals surface area contributed by atoms with Gasteiger partial charge >= 0.3 is 0 Å². The lowest BCUT2D eigenvalue weighted by Crippen LogP contribution is -2.28. The molecule has 1 aliphatic heterocycles. The van der Waals surface area contributed by atoms with Crippen LogP contribution in [-0.2, 0) is 4.79 Å². The molecule has 2 aromatic rings. The van der Waals surface area contributed by atoms with Gasteiger partial charge in [-0.3, -0.25) is 9.80 Å². The molecule has 0 saturated heterocycles.